The van der Waals surface area contributed by atoms with Crippen LogP contribution < -0.4 is 5.32 Å². The van der Waals surface area contributed by atoms with Crippen molar-refractivity contribution in [1.29, 1.82) is 0 Å². The van der Waals surface area contributed by atoms with Crippen LogP contribution in [0.25, 0.3) is 6.08 Å². The van der Waals surface area contributed by atoms with Crippen molar-refractivity contribution in [3.05, 3.63) is 24.1 Å². The van der Waals surface area contributed by atoms with Crippen molar-refractivity contribution in [3.8, 4) is 0 Å². The molecule has 0 bridgehead atoms. The Kier molecular flexibility index (Phi) is 3.41. The van der Waals surface area contributed by atoms with E-state index in [1.54, 1.807) is 6.20 Å². The van der Waals surface area contributed by atoms with Gasteiger partial charge in [-0.15, -0.1) is 0 Å². The van der Waals surface area contributed by atoms with Gasteiger partial charge in [-0.1, -0.05) is 11.2 Å². The maximum absolute atomic E-state index is 4.86. The monoisotopic (exact) mass is 152 g/mol. The van der Waals surface area contributed by atoms with E-state index < -0.39 is 0 Å². The van der Waals surface area contributed by atoms with Gasteiger partial charge < -0.3 is 9.84 Å². The Morgan fingerprint density at radius 1 is 1.73 bits per heavy atom. The summed E-state index contributed by atoms with van der Waals surface area (Å²) in [6.07, 6.45) is 6.62. The highest BCUT2D eigenvalue weighted by molar-refractivity contribution is 5.40. The molecule has 0 aliphatic carbocycles. The van der Waals surface area contributed by atoms with Crippen molar-refractivity contribution >= 4 is 6.08 Å². The number of nitrogens with one attached hydrogen (secondary N) is 1. The Labute approximate surface area is 66.1 Å². The molecule has 0 aliphatic heterocycles. The summed E-state index contributed by atoms with van der Waals surface area (Å²) in [4.78, 5) is 0. The van der Waals surface area contributed by atoms with Crippen LogP contribution in [0.4, 0.5) is 0 Å². The van der Waals surface area contributed by atoms with Gasteiger partial charge >= 0.3 is 0 Å². The summed E-state index contributed by atoms with van der Waals surface area (Å²) in [7, 11) is 1.93. The van der Waals surface area contributed by atoms with Crippen molar-refractivity contribution in [3.63, 3.8) is 0 Å². The standard InChI is InChI=1S/C8H12N2O/c1-9-6-3-2-4-8-5-7-10-11-8/h2,4-5,7,9H,3,6H2,1H3/b4-2+. The highest BCUT2D eigenvalue weighted by Crippen LogP contribution is 1.99. The Morgan fingerprint density at radius 2 is 2.64 bits per heavy atom. The van der Waals surface area contributed by atoms with Gasteiger partial charge in [-0.3, -0.25) is 0 Å². The van der Waals surface area contributed by atoms with Crippen LogP contribution in [0.1, 0.15) is 12.2 Å². The van der Waals surface area contributed by atoms with Gasteiger partial charge in [0.2, 0.25) is 0 Å². The topological polar surface area (TPSA) is 38.1 Å². The normalized spacial score (nSPS) is 11.0. The molecule has 1 N–H and O–H groups in total. The molecule has 0 aliphatic rings. The summed E-state index contributed by atoms with van der Waals surface area (Å²) in [5.41, 5.74) is 0. The lowest BCUT2D eigenvalue weighted by molar-refractivity contribution is 0.412. The second-order valence-electron chi connectivity index (χ2n) is 2.21. The molecule has 0 atom stereocenters. The van der Waals surface area contributed by atoms with Gasteiger partial charge in [0, 0.05) is 6.07 Å². The minimum absolute atomic E-state index is 0.807. The molecule has 3 heteroatoms. The van der Waals surface area contributed by atoms with Crippen LogP contribution in [0.5, 0.6) is 0 Å². The van der Waals surface area contributed by atoms with E-state index in [-0.39, 0.29) is 0 Å². The smallest absolute Gasteiger partial charge is 0.159 e. The van der Waals surface area contributed by atoms with E-state index >= 15 is 0 Å². The van der Waals surface area contributed by atoms with Crippen LogP contribution in [0.2, 0.25) is 0 Å². The average molecular weight is 152 g/mol. The summed E-state index contributed by atoms with van der Waals surface area (Å²) in [5, 5.41) is 6.63. The molecule has 0 aromatic carbocycles. The van der Waals surface area contributed by atoms with E-state index in [2.05, 4.69) is 16.5 Å². The van der Waals surface area contributed by atoms with E-state index in [1.165, 1.54) is 0 Å². The zero-order valence-corrected chi connectivity index (χ0v) is 6.58. The fraction of sp³-hybridized carbons (Fsp3) is 0.375. The first-order valence-electron chi connectivity index (χ1n) is 3.65. The first kappa shape index (κ1) is 8.01. The third kappa shape index (κ3) is 3.00. The van der Waals surface area contributed by atoms with Gasteiger partial charge in [0.25, 0.3) is 0 Å². The van der Waals surface area contributed by atoms with Crippen LogP contribution in [-0.2, 0) is 0 Å². The molecule has 3 nitrogen and oxygen atoms in total. The molecular formula is C8H12N2O. The highest BCUT2D eigenvalue weighted by atomic mass is 16.5. The molecule has 0 fully saturated rings. The third-order valence-electron chi connectivity index (χ3n) is 1.30. The van der Waals surface area contributed by atoms with E-state index in [0.29, 0.717) is 0 Å². The molecule has 0 saturated heterocycles. The third-order valence-corrected chi connectivity index (χ3v) is 1.30. The molecule has 1 rings (SSSR count). The van der Waals surface area contributed by atoms with Gasteiger partial charge in [0.05, 0.1) is 6.20 Å². The molecule has 1 aromatic rings. The SMILES string of the molecule is CNCC/C=C/c1ccno1. The van der Waals surface area contributed by atoms with Crippen molar-refractivity contribution in [2.45, 2.75) is 6.42 Å². The summed E-state index contributed by atoms with van der Waals surface area (Å²) >= 11 is 0. The highest BCUT2D eigenvalue weighted by Gasteiger charge is 1.86. The molecule has 0 spiro atoms. The van der Waals surface area contributed by atoms with Crippen LogP contribution in [0.15, 0.2) is 22.9 Å². The predicted octanol–water partition coefficient (Wildman–Crippen LogP) is 1.30. The number of rotatable bonds is 4. The molecule has 0 saturated carbocycles. The van der Waals surface area contributed by atoms with Gasteiger partial charge in [-0.2, -0.15) is 0 Å². The zero-order chi connectivity index (χ0) is 7.94. The zero-order valence-electron chi connectivity index (χ0n) is 6.58. The van der Waals surface area contributed by atoms with E-state index in [0.717, 1.165) is 18.7 Å². The van der Waals surface area contributed by atoms with Crippen LogP contribution in [0, 0.1) is 0 Å². The molecular weight excluding hydrogens is 140 g/mol. The molecule has 1 aromatic heterocycles. The van der Waals surface area contributed by atoms with Gasteiger partial charge in [0.15, 0.2) is 5.76 Å². The van der Waals surface area contributed by atoms with E-state index in [9.17, 15) is 0 Å². The minimum atomic E-state index is 0.807. The number of nitrogens with zero attached hydrogens (tertiary/aromatic N) is 1. The van der Waals surface area contributed by atoms with Crippen LogP contribution in [-0.4, -0.2) is 18.7 Å². The molecule has 0 unspecified atom stereocenters. The first-order chi connectivity index (χ1) is 5.43. The van der Waals surface area contributed by atoms with Crippen LogP contribution >= 0.6 is 0 Å². The summed E-state index contributed by atoms with van der Waals surface area (Å²) < 4.78 is 4.86. The minimum Gasteiger partial charge on any atom is -0.357 e. The van der Waals surface area contributed by atoms with Crippen molar-refractivity contribution in [1.82, 2.24) is 10.5 Å². The quantitative estimate of drug-likeness (QED) is 0.661. The maximum Gasteiger partial charge on any atom is 0.159 e. The fourth-order valence-electron chi connectivity index (χ4n) is 0.739. The van der Waals surface area contributed by atoms with Gasteiger partial charge in [0.1, 0.15) is 0 Å². The molecule has 11 heavy (non-hydrogen) atoms. The molecule has 0 amide bonds. The van der Waals surface area contributed by atoms with Gasteiger partial charge in [-0.05, 0) is 26.1 Å². The first-order valence-corrected chi connectivity index (χ1v) is 3.65. The Bertz CT molecular complexity index is 204. The lowest BCUT2D eigenvalue weighted by Gasteiger charge is -1.89. The maximum atomic E-state index is 4.86. The molecule has 60 valence electrons. The lowest BCUT2D eigenvalue weighted by atomic mass is 10.3. The lowest BCUT2D eigenvalue weighted by Crippen LogP contribution is -2.05. The largest absolute Gasteiger partial charge is 0.357 e. The number of hydrogen-bond acceptors (Lipinski definition) is 3. The van der Waals surface area contributed by atoms with Crippen molar-refractivity contribution in [2.24, 2.45) is 0 Å². The fourth-order valence-corrected chi connectivity index (χ4v) is 0.739. The van der Waals surface area contributed by atoms with Crippen molar-refractivity contribution in [2.75, 3.05) is 13.6 Å². The van der Waals surface area contributed by atoms with E-state index in [1.807, 2.05) is 19.2 Å². The van der Waals surface area contributed by atoms with E-state index in [4.69, 9.17) is 4.52 Å². The Balaban J connectivity index is 2.25. The molecule has 0 radical (unpaired) electrons. The van der Waals surface area contributed by atoms with Crippen LogP contribution in [0.3, 0.4) is 0 Å². The second kappa shape index (κ2) is 4.68. The number of aromatic nitrogens is 1. The summed E-state index contributed by atoms with van der Waals surface area (Å²) in [6, 6.07) is 1.83. The Morgan fingerprint density at radius 3 is 3.27 bits per heavy atom. The average Bonchev–Trinajstić information content (AvgIpc) is 2.50. The Hall–Kier alpha value is -1.09. The summed E-state index contributed by atoms with van der Waals surface area (Å²) in [5.74, 6) is 0.807. The van der Waals surface area contributed by atoms with Crippen molar-refractivity contribution < 1.29 is 4.52 Å². The predicted molar refractivity (Wildman–Crippen MR) is 44.1 cm³/mol. The molecule has 1 heterocycles. The van der Waals surface area contributed by atoms with Gasteiger partial charge in [-0.25, -0.2) is 0 Å². The number of hydrogen-bond donors (Lipinski definition) is 1. The summed E-state index contributed by atoms with van der Waals surface area (Å²) in [6.45, 7) is 0.991. The second-order valence-corrected chi connectivity index (χ2v) is 2.21.